The lowest BCUT2D eigenvalue weighted by atomic mass is 9.78. The largest absolute Gasteiger partial charge is 0.402 e. The average Bonchev–Trinajstić information content (AvgIpc) is 3.24. The van der Waals surface area contributed by atoms with Gasteiger partial charge < -0.3 is 9.33 Å². The molecule has 0 spiro atoms. The summed E-state index contributed by atoms with van der Waals surface area (Å²) in [7, 11) is -1.85. The topological polar surface area (TPSA) is 12.5 Å². The van der Waals surface area contributed by atoms with Crippen molar-refractivity contribution >= 4 is 8.32 Å². The standard InChI is InChI=1S/C26H35NOSi/c1-29(2,3)28-26(22-14-7-4-8-15-22,23-16-9-5-10-17-23)25-20-13-21-27(25)24-18-11-6-12-19-24/h4-5,7-10,14-18,25H,6,11-13,19-21H2,1-3H3/t25-/m0/s1. The van der Waals surface area contributed by atoms with Gasteiger partial charge in [-0.2, -0.15) is 0 Å². The van der Waals surface area contributed by atoms with Gasteiger partial charge in [0, 0.05) is 12.2 Å². The van der Waals surface area contributed by atoms with E-state index in [4.69, 9.17) is 4.43 Å². The Balaban J connectivity index is 1.90. The molecule has 0 bridgehead atoms. The average molecular weight is 406 g/mol. The molecule has 0 unspecified atom stereocenters. The van der Waals surface area contributed by atoms with Gasteiger partial charge in [0.05, 0.1) is 6.04 Å². The molecule has 0 amide bonds. The Bertz CT molecular complexity index is 785. The zero-order valence-electron chi connectivity index (χ0n) is 18.2. The smallest absolute Gasteiger partial charge is 0.185 e. The fourth-order valence-corrected chi connectivity index (χ4v) is 6.54. The summed E-state index contributed by atoms with van der Waals surface area (Å²) in [6.45, 7) is 8.12. The maximum absolute atomic E-state index is 7.27. The molecule has 154 valence electrons. The molecular formula is C26H35NOSi. The molecule has 0 radical (unpaired) electrons. The molecule has 0 aromatic heterocycles. The molecule has 1 aliphatic heterocycles. The Labute approximate surface area is 177 Å². The van der Waals surface area contributed by atoms with Crippen molar-refractivity contribution < 1.29 is 4.43 Å². The predicted molar refractivity (Wildman–Crippen MR) is 124 cm³/mol. The Morgan fingerprint density at radius 1 is 0.862 bits per heavy atom. The first kappa shape index (κ1) is 20.4. The lowest BCUT2D eigenvalue weighted by Gasteiger charge is -2.48. The Morgan fingerprint density at radius 2 is 1.48 bits per heavy atom. The monoisotopic (exact) mass is 405 g/mol. The number of hydrogen-bond acceptors (Lipinski definition) is 2. The summed E-state index contributed by atoms with van der Waals surface area (Å²) in [6, 6.07) is 22.3. The van der Waals surface area contributed by atoms with Gasteiger partial charge in [0.25, 0.3) is 0 Å². The second kappa shape index (κ2) is 8.49. The Morgan fingerprint density at radius 3 is 2.00 bits per heavy atom. The van der Waals surface area contributed by atoms with Crippen LogP contribution >= 0.6 is 0 Å². The quantitative estimate of drug-likeness (QED) is 0.496. The van der Waals surface area contributed by atoms with Gasteiger partial charge >= 0.3 is 0 Å². The van der Waals surface area contributed by atoms with E-state index in [1.165, 1.54) is 49.7 Å². The molecule has 3 heteroatoms. The molecule has 2 aromatic rings. The first-order valence-corrected chi connectivity index (χ1v) is 14.7. The lowest BCUT2D eigenvalue weighted by molar-refractivity contribution is 0.0226. The zero-order valence-corrected chi connectivity index (χ0v) is 19.2. The SMILES string of the molecule is C[Si](C)(C)OC(c1ccccc1)(c1ccccc1)[C@@H]1CCCN1C1=CCCCC1. The Kier molecular flexibility index (Phi) is 5.98. The highest BCUT2D eigenvalue weighted by Crippen LogP contribution is 2.47. The molecule has 0 N–H and O–H groups in total. The minimum Gasteiger partial charge on any atom is -0.402 e. The van der Waals surface area contributed by atoms with Gasteiger partial charge in [-0.15, -0.1) is 0 Å². The zero-order chi connectivity index (χ0) is 20.3. The maximum Gasteiger partial charge on any atom is 0.185 e. The van der Waals surface area contributed by atoms with E-state index in [-0.39, 0.29) is 0 Å². The van der Waals surface area contributed by atoms with Gasteiger partial charge in [0.1, 0.15) is 5.60 Å². The third kappa shape index (κ3) is 4.22. The van der Waals surface area contributed by atoms with Crippen LogP contribution in [0.1, 0.15) is 49.7 Å². The third-order valence-electron chi connectivity index (χ3n) is 6.23. The molecular weight excluding hydrogens is 370 g/mol. The van der Waals surface area contributed by atoms with Crippen molar-refractivity contribution in [1.29, 1.82) is 0 Å². The van der Waals surface area contributed by atoms with Gasteiger partial charge in [-0.1, -0.05) is 66.7 Å². The highest BCUT2D eigenvalue weighted by Gasteiger charge is 2.50. The van der Waals surface area contributed by atoms with Crippen molar-refractivity contribution in [2.24, 2.45) is 0 Å². The van der Waals surface area contributed by atoms with Crippen molar-refractivity contribution in [1.82, 2.24) is 4.90 Å². The summed E-state index contributed by atoms with van der Waals surface area (Å²) in [6.07, 6.45) is 9.98. The van der Waals surface area contributed by atoms with Crippen molar-refractivity contribution in [2.75, 3.05) is 6.54 Å². The molecule has 1 saturated heterocycles. The fourth-order valence-electron chi connectivity index (χ4n) is 5.21. The van der Waals surface area contributed by atoms with Crippen LogP contribution in [0.3, 0.4) is 0 Å². The van der Waals surface area contributed by atoms with Crippen molar-refractivity contribution in [2.45, 2.75) is 69.8 Å². The van der Waals surface area contributed by atoms with Crippen LogP contribution in [0, 0.1) is 0 Å². The molecule has 0 saturated carbocycles. The maximum atomic E-state index is 7.27. The molecule has 2 nitrogen and oxygen atoms in total. The van der Waals surface area contributed by atoms with E-state index < -0.39 is 13.9 Å². The van der Waals surface area contributed by atoms with E-state index >= 15 is 0 Å². The number of benzene rings is 2. The summed E-state index contributed by atoms with van der Waals surface area (Å²) in [5, 5.41) is 0. The highest BCUT2D eigenvalue weighted by atomic mass is 28.4. The summed E-state index contributed by atoms with van der Waals surface area (Å²) in [4.78, 5) is 2.71. The third-order valence-corrected chi connectivity index (χ3v) is 7.16. The minimum atomic E-state index is -1.85. The highest BCUT2D eigenvalue weighted by molar-refractivity contribution is 6.69. The molecule has 1 aliphatic carbocycles. The van der Waals surface area contributed by atoms with E-state index in [1.807, 2.05) is 0 Å². The van der Waals surface area contributed by atoms with E-state index in [0.717, 1.165) is 6.54 Å². The Hall–Kier alpha value is -1.84. The molecule has 2 aromatic carbocycles. The van der Waals surface area contributed by atoms with E-state index in [0.29, 0.717) is 6.04 Å². The van der Waals surface area contributed by atoms with Crippen LogP contribution in [-0.4, -0.2) is 25.8 Å². The number of nitrogens with zero attached hydrogens (tertiary/aromatic N) is 1. The van der Waals surface area contributed by atoms with Crippen LogP contribution in [0.25, 0.3) is 0 Å². The molecule has 1 fully saturated rings. The van der Waals surface area contributed by atoms with E-state index in [1.54, 1.807) is 5.70 Å². The van der Waals surface area contributed by atoms with Gasteiger partial charge in [-0.25, -0.2) is 0 Å². The second-order valence-electron chi connectivity index (χ2n) is 9.47. The fraction of sp³-hybridized carbons (Fsp3) is 0.462. The molecule has 2 aliphatic rings. The minimum absolute atomic E-state index is 0.336. The summed E-state index contributed by atoms with van der Waals surface area (Å²) < 4.78 is 7.27. The van der Waals surface area contributed by atoms with Crippen LogP contribution in [0.5, 0.6) is 0 Å². The van der Waals surface area contributed by atoms with E-state index in [9.17, 15) is 0 Å². The molecule has 1 heterocycles. The van der Waals surface area contributed by atoms with Crippen molar-refractivity contribution in [3.05, 3.63) is 83.6 Å². The lowest BCUT2D eigenvalue weighted by Crippen LogP contribution is -2.54. The van der Waals surface area contributed by atoms with Crippen LogP contribution in [0.4, 0.5) is 0 Å². The van der Waals surface area contributed by atoms with Gasteiger partial charge in [0.15, 0.2) is 8.32 Å². The number of allylic oxidation sites excluding steroid dienone is 2. The number of likely N-dealkylation sites (tertiary alicyclic amines) is 1. The van der Waals surface area contributed by atoms with Crippen molar-refractivity contribution in [3.63, 3.8) is 0 Å². The number of hydrogen-bond donors (Lipinski definition) is 0. The predicted octanol–water partition coefficient (Wildman–Crippen LogP) is 6.70. The summed E-state index contributed by atoms with van der Waals surface area (Å²) in [5.74, 6) is 0. The van der Waals surface area contributed by atoms with Gasteiger partial charge in [-0.3, -0.25) is 0 Å². The van der Waals surface area contributed by atoms with Crippen molar-refractivity contribution in [3.8, 4) is 0 Å². The number of rotatable bonds is 6. The first-order valence-electron chi connectivity index (χ1n) is 11.3. The molecule has 29 heavy (non-hydrogen) atoms. The van der Waals surface area contributed by atoms with Gasteiger partial charge in [0.2, 0.25) is 0 Å². The second-order valence-corrected chi connectivity index (χ2v) is 13.9. The van der Waals surface area contributed by atoms with Crippen LogP contribution in [-0.2, 0) is 10.0 Å². The van der Waals surface area contributed by atoms with Gasteiger partial charge in [-0.05, 0) is 69.3 Å². The van der Waals surface area contributed by atoms with Crippen LogP contribution < -0.4 is 0 Å². The van der Waals surface area contributed by atoms with E-state index in [2.05, 4.69) is 91.3 Å². The summed E-state index contributed by atoms with van der Waals surface area (Å²) >= 11 is 0. The summed E-state index contributed by atoms with van der Waals surface area (Å²) in [5.41, 5.74) is 3.71. The van der Waals surface area contributed by atoms with Crippen LogP contribution in [0.15, 0.2) is 72.4 Å². The van der Waals surface area contributed by atoms with Crippen LogP contribution in [0.2, 0.25) is 19.6 Å². The normalized spacial score (nSPS) is 20.6. The molecule has 1 atom stereocenters. The molecule has 4 rings (SSSR count). The first-order chi connectivity index (χ1) is 14.0.